The SMILES string of the molecule is Cc1ccc(NC(=S)NC2CCC(NC(=S)Nc3ccc(C)cc3C)CC2)c(C)c1. The first-order valence-corrected chi connectivity index (χ1v) is 11.4. The van der Waals surface area contributed by atoms with Gasteiger partial charge >= 0.3 is 0 Å². The zero-order valence-corrected chi connectivity index (χ0v) is 19.9. The average Bonchev–Trinajstić information content (AvgIpc) is 2.68. The quantitative estimate of drug-likeness (QED) is 0.471. The molecule has 1 saturated carbocycles. The Kier molecular flexibility index (Phi) is 7.67. The van der Waals surface area contributed by atoms with Crippen LogP contribution in [0.2, 0.25) is 0 Å². The molecule has 30 heavy (non-hydrogen) atoms. The minimum Gasteiger partial charge on any atom is -0.360 e. The van der Waals surface area contributed by atoms with Gasteiger partial charge in [-0.05, 0) is 101 Å². The molecular weight excluding hydrogens is 408 g/mol. The largest absolute Gasteiger partial charge is 0.360 e. The Balaban J connectivity index is 1.42. The average molecular weight is 441 g/mol. The van der Waals surface area contributed by atoms with E-state index in [1.54, 1.807) is 0 Å². The predicted octanol–water partition coefficient (Wildman–Crippen LogP) is 5.50. The molecule has 3 rings (SSSR count). The Labute approximate surface area is 191 Å². The number of anilines is 2. The highest BCUT2D eigenvalue weighted by Gasteiger charge is 2.22. The first kappa shape index (κ1) is 22.5. The molecule has 160 valence electrons. The molecule has 4 N–H and O–H groups in total. The minimum absolute atomic E-state index is 0.398. The molecule has 1 aliphatic rings. The van der Waals surface area contributed by atoms with Crippen LogP contribution in [0.5, 0.6) is 0 Å². The van der Waals surface area contributed by atoms with Crippen LogP contribution in [0.25, 0.3) is 0 Å². The summed E-state index contributed by atoms with van der Waals surface area (Å²) >= 11 is 11.1. The van der Waals surface area contributed by atoms with Gasteiger partial charge in [0.2, 0.25) is 0 Å². The van der Waals surface area contributed by atoms with Crippen molar-refractivity contribution in [3.63, 3.8) is 0 Å². The van der Waals surface area contributed by atoms with E-state index in [0.29, 0.717) is 22.3 Å². The summed E-state index contributed by atoms with van der Waals surface area (Å²) in [7, 11) is 0. The van der Waals surface area contributed by atoms with Crippen molar-refractivity contribution in [3.05, 3.63) is 58.7 Å². The Morgan fingerprint density at radius 2 is 1.03 bits per heavy atom. The van der Waals surface area contributed by atoms with E-state index in [9.17, 15) is 0 Å². The molecule has 6 heteroatoms. The predicted molar refractivity (Wildman–Crippen MR) is 137 cm³/mol. The lowest BCUT2D eigenvalue weighted by atomic mass is 9.91. The molecule has 0 heterocycles. The lowest BCUT2D eigenvalue weighted by Crippen LogP contribution is -2.45. The van der Waals surface area contributed by atoms with Crippen molar-refractivity contribution in [2.45, 2.75) is 65.5 Å². The van der Waals surface area contributed by atoms with Gasteiger partial charge in [0.05, 0.1) is 0 Å². The van der Waals surface area contributed by atoms with Crippen LogP contribution in [-0.4, -0.2) is 22.3 Å². The zero-order valence-electron chi connectivity index (χ0n) is 18.3. The monoisotopic (exact) mass is 440 g/mol. The third-order valence-electron chi connectivity index (χ3n) is 5.66. The van der Waals surface area contributed by atoms with Crippen LogP contribution in [-0.2, 0) is 0 Å². The van der Waals surface area contributed by atoms with Crippen LogP contribution in [0.3, 0.4) is 0 Å². The van der Waals surface area contributed by atoms with Crippen molar-refractivity contribution < 1.29 is 0 Å². The van der Waals surface area contributed by atoms with E-state index < -0.39 is 0 Å². The molecule has 0 saturated heterocycles. The third-order valence-corrected chi connectivity index (χ3v) is 6.10. The molecule has 1 fully saturated rings. The molecule has 0 radical (unpaired) electrons. The van der Waals surface area contributed by atoms with Crippen molar-refractivity contribution in [2.24, 2.45) is 0 Å². The van der Waals surface area contributed by atoms with Gasteiger partial charge in [-0.15, -0.1) is 0 Å². The summed E-state index contributed by atoms with van der Waals surface area (Å²) in [6.07, 6.45) is 4.27. The second-order valence-electron chi connectivity index (χ2n) is 8.38. The van der Waals surface area contributed by atoms with Crippen molar-refractivity contribution in [1.82, 2.24) is 10.6 Å². The number of hydrogen-bond acceptors (Lipinski definition) is 2. The Morgan fingerprint density at radius 3 is 1.37 bits per heavy atom. The van der Waals surface area contributed by atoms with Gasteiger partial charge in [-0.1, -0.05) is 35.4 Å². The number of rotatable bonds is 4. The van der Waals surface area contributed by atoms with Crippen LogP contribution < -0.4 is 21.3 Å². The summed E-state index contributed by atoms with van der Waals surface area (Å²) in [6.45, 7) is 8.40. The molecule has 0 unspecified atom stereocenters. The summed E-state index contributed by atoms with van der Waals surface area (Å²) in [4.78, 5) is 0. The van der Waals surface area contributed by atoms with Gasteiger partial charge in [0, 0.05) is 23.5 Å². The van der Waals surface area contributed by atoms with Gasteiger partial charge in [-0.3, -0.25) is 0 Å². The van der Waals surface area contributed by atoms with Gasteiger partial charge in [0.1, 0.15) is 0 Å². The van der Waals surface area contributed by atoms with Crippen molar-refractivity contribution in [3.8, 4) is 0 Å². The molecule has 0 atom stereocenters. The normalized spacial score (nSPS) is 18.4. The molecule has 0 aromatic heterocycles. The number of aryl methyl sites for hydroxylation is 4. The fourth-order valence-corrected chi connectivity index (χ4v) is 4.53. The number of hydrogen-bond donors (Lipinski definition) is 4. The van der Waals surface area contributed by atoms with Gasteiger partial charge in [0.25, 0.3) is 0 Å². The lowest BCUT2D eigenvalue weighted by molar-refractivity contribution is 0.356. The zero-order chi connectivity index (χ0) is 21.7. The van der Waals surface area contributed by atoms with E-state index in [1.807, 2.05) is 0 Å². The van der Waals surface area contributed by atoms with E-state index in [4.69, 9.17) is 24.4 Å². The molecule has 0 aliphatic heterocycles. The molecule has 0 spiro atoms. The number of nitrogens with one attached hydrogen (secondary N) is 4. The van der Waals surface area contributed by atoms with E-state index in [1.165, 1.54) is 22.3 Å². The molecule has 2 aromatic carbocycles. The van der Waals surface area contributed by atoms with E-state index >= 15 is 0 Å². The Morgan fingerprint density at radius 1 is 0.667 bits per heavy atom. The Bertz CT molecular complexity index is 842. The maximum absolute atomic E-state index is 5.53. The lowest BCUT2D eigenvalue weighted by Gasteiger charge is -2.31. The second-order valence-corrected chi connectivity index (χ2v) is 9.20. The summed E-state index contributed by atoms with van der Waals surface area (Å²) < 4.78 is 0. The van der Waals surface area contributed by atoms with Crippen LogP contribution >= 0.6 is 24.4 Å². The maximum Gasteiger partial charge on any atom is 0.171 e. The van der Waals surface area contributed by atoms with Gasteiger partial charge in [-0.2, -0.15) is 0 Å². The highest BCUT2D eigenvalue weighted by atomic mass is 32.1. The number of thiocarbonyl (C=S) groups is 2. The molecule has 0 bridgehead atoms. The van der Waals surface area contributed by atoms with Crippen molar-refractivity contribution in [2.75, 3.05) is 10.6 Å². The topological polar surface area (TPSA) is 48.1 Å². The fourth-order valence-electron chi connectivity index (χ4n) is 3.98. The molecular formula is C24H32N4S2. The van der Waals surface area contributed by atoms with Crippen LogP contribution in [0, 0.1) is 27.7 Å². The fraction of sp³-hybridized carbons (Fsp3) is 0.417. The highest BCUT2D eigenvalue weighted by molar-refractivity contribution is 7.80. The molecule has 2 aromatic rings. The molecule has 4 nitrogen and oxygen atoms in total. The van der Waals surface area contributed by atoms with Crippen LogP contribution in [0.15, 0.2) is 36.4 Å². The summed E-state index contributed by atoms with van der Waals surface area (Å²) in [5, 5.41) is 15.0. The summed E-state index contributed by atoms with van der Waals surface area (Å²) in [6, 6.07) is 13.5. The van der Waals surface area contributed by atoms with Gasteiger partial charge in [0.15, 0.2) is 10.2 Å². The number of benzene rings is 2. The molecule has 0 amide bonds. The van der Waals surface area contributed by atoms with Crippen molar-refractivity contribution >= 4 is 46.0 Å². The summed E-state index contributed by atoms with van der Waals surface area (Å²) in [5.41, 5.74) is 7.06. The first-order valence-electron chi connectivity index (χ1n) is 10.6. The minimum atomic E-state index is 0.398. The van der Waals surface area contributed by atoms with Gasteiger partial charge in [-0.25, -0.2) is 0 Å². The maximum atomic E-state index is 5.53. The van der Waals surface area contributed by atoms with Crippen molar-refractivity contribution in [1.29, 1.82) is 0 Å². The first-order chi connectivity index (χ1) is 14.3. The standard InChI is InChI=1S/C24H32N4S2/c1-15-5-11-21(17(3)13-15)27-23(29)25-19-7-9-20(10-8-19)26-24(30)28-22-12-6-16(2)14-18(22)4/h5-6,11-14,19-20H,7-10H2,1-4H3,(H2,25,27,29)(H2,26,28,30). The highest BCUT2D eigenvalue weighted by Crippen LogP contribution is 2.21. The third kappa shape index (κ3) is 6.41. The van der Waals surface area contributed by atoms with E-state index in [-0.39, 0.29) is 0 Å². The van der Waals surface area contributed by atoms with E-state index in [2.05, 4.69) is 85.4 Å². The second kappa shape index (κ2) is 10.2. The van der Waals surface area contributed by atoms with Gasteiger partial charge < -0.3 is 21.3 Å². The Hall–Kier alpha value is -2.18. The summed E-state index contributed by atoms with van der Waals surface area (Å²) in [5.74, 6) is 0. The smallest absolute Gasteiger partial charge is 0.171 e. The van der Waals surface area contributed by atoms with Crippen LogP contribution in [0.1, 0.15) is 47.9 Å². The van der Waals surface area contributed by atoms with E-state index in [0.717, 1.165) is 37.1 Å². The van der Waals surface area contributed by atoms with Crippen LogP contribution in [0.4, 0.5) is 11.4 Å². The molecule has 1 aliphatic carbocycles.